The molecule has 0 aliphatic heterocycles. The second-order valence-electron chi connectivity index (χ2n) is 5.27. The summed E-state index contributed by atoms with van der Waals surface area (Å²) >= 11 is 3.29. The number of halogens is 1. The lowest BCUT2D eigenvalue weighted by atomic mass is 10.1. The van der Waals surface area contributed by atoms with Crippen LogP contribution in [-0.2, 0) is 4.74 Å². The number of ether oxygens (including phenoxy) is 1. The Morgan fingerprint density at radius 1 is 1.40 bits per heavy atom. The molecule has 1 aromatic rings. The van der Waals surface area contributed by atoms with Crippen LogP contribution in [-0.4, -0.2) is 23.2 Å². The van der Waals surface area contributed by atoms with Gasteiger partial charge in [-0.25, -0.2) is 4.79 Å². The van der Waals surface area contributed by atoms with E-state index in [-0.39, 0.29) is 0 Å². The van der Waals surface area contributed by atoms with Crippen LogP contribution in [0.4, 0.5) is 4.79 Å². The van der Waals surface area contributed by atoms with E-state index in [0.717, 1.165) is 4.47 Å². The summed E-state index contributed by atoms with van der Waals surface area (Å²) < 4.78 is 5.97. The molecule has 0 unspecified atom stereocenters. The SMILES string of the molecule is CC(C)(C)OC(=O)N[C@H](C[N+](=O)[O-])c1ccc(Br)cc1. The highest BCUT2D eigenvalue weighted by Crippen LogP contribution is 2.18. The molecule has 0 bridgehead atoms. The molecule has 1 rings (SSSR count). The maximum atomic E-state index is 11.7. The molecule has 0 saturated heterocycles. The molecule has 1 N–H and O–H groups in total. The van der Waals surface area contributed by atoms with E-state index in [2.05, 4.69) is 21.2 Å². The van der Waals surface area contributed by atoms with Gasteiger partial charge in [-0.3, -0.25) is 10.1 Å². The van der Waals surface area contributed by atoms with Gasteiger partial charge in [0.05, 0.1) is 0 Å². The van der Waals surface area contributed by atoms with Crippen LogP contribution in [0.15, 0.2) is 28.7 Å². The highest BCUT2D eigenvalue weighted by atomic mass is 79.9. The number of alkyl carbamates (subject to hydrolysis) is 1. The highest BCUT2D eigenvalue weighted by molar-refractivity contribution is 9.10. The predicted molar refractivity (Wildman–Crippen MR) is 78.1 cm³/mol. The van der Waals surface area contributed by atoms with E-state index in [4.69, 9.17) is 4.74 Å². The number of hydrogen-bond acceptors (Lipinski definition) is 4. The first-order valence-electron chi connectivity index (χ1n) is 6.04. The minimum absolute atomic E-state index is 0.402. The van der Waals surface area contributed by atoms with Crippen LogP contribution in [0.1, 0.15) is 32.4 Å². The van der Waals surface area contributed by atoms with Crippen LogP contribution in [0.2, 0.25) is 0 Å². The van der Waals surface area contributed by atoms with Crippen LogP contribution >= 0.6 is 15.9 Å². The monoisotopic (exact) mass is 344 g/mol. The topological polar surface area (TPSA) is 81.5 Å². The summed E-state index contributed by atoms with van der Waals surface area (Å²) in [5, 5.41) is 13.2. The zero-order chi connectivity index (χ0) is 15.3. The Kier molecular flexibility index (Phi) is 5.50. The number of rotatable bonds is 4. The molecular formula is C13H17BrN2O4. The Morgan fingerprint density at radius 3 is 2.40 bits per heavy atom. The summed E-state index contributed by atoms with van der Waals surface area (Å²) in [5.41, 5.74) is -0.000984. The molecule has 0 spiro atoms. The van der Waals surface area contributed by atoms with Gasteiger partial charge in [-0.2, -0.15) is 0 Å². The van der Waals surface area contributed by atoms with Crippen molar-refractivity contribution in [3.8, 4) is 0 Å². The van der Waals surface area contributed by atoms with Gasteiger partial charge in [0.2, 0.25) is 6.54 Å². The van der Waals surface area contributed by atoms with Gasteiger partial charge >= 0.3 is 6.09 Å². The van der Waals surface area contributed by atoms with Gasteiger partial charge < -0.3 is 10.1 Å². The quantitative estimate of drug-likeness (QED) is 0.671. The molecule has 0 radical (unpaired) electrons. The van der Waals surface area contributed by atoms with Crippen molar-refractivity contribution in [2.75, 3.05) is 6.54 Å². The summed E-state index contributed by atoms with van der Waals surface area (Å²) in [6.07, 6.45) is -0.674. The maximum absolute atomic E-state index is 11.7. The molecular weight excluding hydrogens is 328 g/mol. The predicted octanol–water partition coefficient (Wildman–Crippen LogP) is 3.29. The Hall–Kier alpha value is -1.63. The van der Waals surface area contributed by atoms with Gasteiger partial charge in [0.15, 0.2) is 0 Å². The summed E-state index contributed by atoms with van der Waals surface area (Å²) in [6.45, 7) is 4.79. The lowest BCUT2D eigenvalue weighted by Gasteiger charge is -2.22. The van der Waals surface area contributed by atoms with E-state index >= 15 is 0 Å². The first-order valence-corrected chi connectivity index (χ1v) is 6.83. The van der Waals surface area contributed by atoms with Gasteiger partial charge in [-0.15, -0.1) is 0 Å². The van der Waals surface area contributed by atoms with Gasteiger partial charge in [0.1, 0.15) is 11.6 Å². The zero-order valence-electron chi connectivity index (χ0n) is 11.6. The molecule has 0 aromatic heterocycles. The average Bonchev–Trinajstić information content (AvgIpc) is 2.25. The van der Waals surface area contributed by atoms with E-state index < -0.39 is 29.2 Å². The number of hydrogen-bond donors (Lipinski definition) is 1. The van der Waals surface area contributed by atoms with Crippen LogP contribution < -0.4 is 5.32 Å². The number of nitrogens with zero attached hydrogens (tertiary/aromatic N) is 1. The second-order valence-corrected chi connectivity index (χ2v) is 6.18. The van der Waals surface area contributed by atoms with Crippen molar-refractivity contribution < 1.29 is 14.5 Å². The third-order valence-electron chi connectivity index (χ3n) is 2.29. The molecule has 0 aliphatic carbocycles. The summed E-state index contributed by atoms with van der Waals surface area (Å²) in [6, 6.07) is 6.23. The van der Waals surface area contributed by atoms with Gasteiger partial charge in [0, 0.05) is 9.40 Å². The third kappa shape index (κ3) is 6.01. The fourth-order valence-electron chi connectivity index (χ4n) is 1.53. The summed E-state index contributed by atoms with van der Waals surface area (Å²) in [5.74, 6) is 0. The van der Waals surface area contributed by atoms with Crippen molar-refractivity contribution in [1.29, 1.82) is 0 Å². The lowest BCUT2D eigenvalue weighted by Crippen LogP contribution is -2.37. The molecule has 0 fully saturated rings. The second kappa shape index (κ2) is 6.69. The Labute approximate surface area is 125 Å². The first kappa shape index (κ1) is 16.4. The van der Waals surface area contributed by atoms with Gasteiger partial charge in [-0.05, 0) is 38.5 Å². The highest BCUT2D eigenvalue weighted by Gasteiger charge is 2.23. The Balaban J connectivity index is 2.82. The normalized spacial score (nSPS) is 12.6. The summed E-state index contributed by atoms with van der Waals surface area (Å²) in [4.78, 5) is 22.0. The molecule has 0 aliphatic rings. The average molecular weight is 345 g/mol. The minimum Gasteiger partial charge on any atom is -0.444 e. The Morgan fingerprint density at radius 2 is 1.95 bits per heavy atom. The van der Waals surface area contributed by atoms with E-state index in [1.165, 1.54) is 0 Å². The summed E-state index contributed by atoms with van der Waals surface area (Å²) in [7, 11) is 0. The number of amides is 1. The number of benzene rings is 1. The van der Waals surface area contributed by atoms with Crippen LogP contribution in [0.25, 0.3) is 0 Å². The fraction of sp³-hybridized carbons (Fsp3) is 0.462. The third-order valence-corrected chi connectivity index (χ3v) is 2.82. The van der Waals surface area contributed by atoms with Crippen LogP contribution in [0.5, 0.6) is 0 Å². The largest absolute Gasteiger partial charge is 0.444 e. The van der Waals surface area contributed by atoms with Crippen molar-refractivity contribution in [2.45, 2.75) is 32.4 Å². The first-order chi connectivity index (χ1) is 9.17. The Bertz CT molecular complexity index is 482. The number of nitro groups is 1. The van der Waals surface area contributed by atoms with E-state index in [1.54, 1.807) is 45.0 Å². The molecule has 1 aromatic carbocycles. The number of carbonyl (C=O) groups is 1. The smallest absolute Gasteiger partial charge is 0.408 e. The van der Waals surface area contributed by atoms with Crippen molar-refractivity contribution in [2.24, 2.45) is 0 Å². The molecule has 7 heteroatoms. The fourth-order valence-corrected chi connectivity index (χ4v) is 1.79. The van der Waals surface area contributed by atoms with Crippen molar-refractivity contribution in [1.82, 2.24) is 5.32 Å². The molecule has 1 atom stereocenters. The van der Waals surface area contributed by atoms with Crippen LogP contribution in [0.3, 0.4) is 0 Å². The van der Waals surface area contributed by atoms with Crippen molar-refractivity contribution in [3.05, 3.63) is 44.4 Å². The van der Waals surface area contributed by atoms with Crippen LogP contribution in [0, 0.1) is 10.1 Å². The molecule has 110 valence electrons. The molecule has 0 saturated carbocycles. The van der Waals surface area contributed by atoms with E-state index in [9.17, 15) is 14.9 Å². The maximum Gasteiger partial charge on any atom is 0.408 e. The molecule has 0 heterocycles. The number of nitrogens with one attached hydrogen (secondary N) is 1. The minimum atomic E-state index is -0.729. The van der Waals surface area contributed by atoms with Crippen molar-refractivity contribution in [3.63, 3.8) is 0 Å². The number of carbonyl (C=O) groups excluding carboxylic acids is 1. The molecule has 6 nitrogen and oxygen atoms in total. The van der Waals surface area contributed by atoms with Crippen molar-refractivity contribution >= 4 is 22.0 Å². The lowest BCUT2D eigenvalue weighted by molar-refractivity contribution is -0.484. The van der Waals surface area contributed by atoms with E-state index in [1.807, 2.05) is 0 Å². The van der Waals surface area contributed by atoms with Gasteiger partial charge in [0.25, 0.3) is 0 Å². The molecule has 1 amide bonds. The zero-order valence-corrected chi connectivity index (χ0v) is 13.1. The van der Waals surface area contributed by atoms with E-state index in [0.29, 0.717) is 5.56 Å². The molecule has 20 heavy (non-hydrogen) atoms. The standard InChI is InChI=1S/C13H17BrN2O4/c1-13(2,3)20-12(17)15-11(8-16(18)19)9-4-6-10(14)7-5-9/h4-7,11H,8H2,1-3H3,(H,15,17)/t11-/m1/s1. The van der Waals surface area contributed by atoms with Gasteiger partial charge in [-0.1, -0.05) is 28.1 Å².